The predicted molar refractivity (Wildman–Crippen MR) is 94.4 cm³/mol. The molecule has 2 rings (SSSR count). The fourth-order valence-corrected chi connectivity index (χ4v) is 2.76. The van der Waals surface area contributed by atoms with Gasteiger partial charge in [-0.3, -0.25) is 9.59 Å². The largest absolute Gasteiger partial charge is 0.480 e. The van der Waals surface area contributed by atoms with E-state index in [1.54, 1.807) is 18.2 Å². The summed E-state index contributed by atoms with van der Waals surface area (Å²) in [6, 6.07) is 7.06. The molecule has 1 aromatic carbocycles. The zero-order valence-electron chi connectivity index (χ0n) is 14.5. The number of rotatable bonds is 8. The first-order valence-electron chi connectivity index (χ1n) is 8.38. The Morgan fingerprint density at radius 2 is 2.04 bits per heavy atom. The second-order valence-corrected chi connectivity index (χ2v) is 6.32. The van der Waals surface area contributed by atoms with Crippen molar-refractivity contribution in [1.29, 1.82) is 0 Å². The maximum atomic E-state index is 12.0. The van der Waals surface area contributed by atoms with Gasteiger partial charge in [-0.2, -0.15) is 0 Å². The van der Waals surface area contributed by atoms with E-state index >= 15 is 0 Å². The molecular weight excluding hydrogens is 322 g/mol. The van der Waals surface area contributed by atoms with Gasteiger partial charge in [-0.05, 0) is 31.9 Å². The van der Waals surface area contributed by atoms with Crippen LogP contribution in [-0.4, -0.2) is 32.5 Å². The molecule has 25 heavy (non-hydrogen) atoms. The molecule has 1 heterocycles. The normalized spacial score (nSPS) is 13.4. The summed E-state index contributed by atoms with van der Waals surface area (Å²) < 4.78 is 0. The number of carbonyl (C=O) groups excluding carboxylic acids is 1. The fourth-order valence-electron chi connectivity index (χ4n) is 2.76. The summed E-state index contributed by atoms with van der Waals surface area (Å²) in [5, 5.41) is 12.4. The third-order valence-corrected chi connectivity index (χ3v) is 4.12. The number of hydrogen-bond acceptors (Lipinski definition) is 4. The first-order valence-corrected chi connectivity index (χ1v) is 8.38. The molecule has 1 unspecified atom stereocenters. The van der Waals surface area contributed by atoms with Crippen molar-refractivity contribution in [2.75, 3.05) is 0 Å². The van der Waals surface area contributed by atoms with Gasteiger partial charge in [0.1, 0.15) is 11.4 Å². The first kappa shape index (κ1) is 18.6. The molecule has 7 nitrogen and oxygen atoms in total. The molecule has 0 saturated carbocycles. The Morgan fingerprint density at radius 3 is 2.72 bits per heavy atom. The number of nitrogens with zero attached hydrogens (tertiary/aromatic N) is 1. The molecule has 2 aromatic rings. The van der Waals surface area contributed by atoms with Gasteiger partial charge in [-0.25, -0.2) is 9.78 Å². The molecule has 1 atom stereocenters. The molecule has 134 valence electrons. The zero-order valence-corrected chi connectivity index (χ0v) is 14.5. The number of carbonyl (C=O) groups is 2. The van der Waals surface area contributed by atoms with Crippen molar-refractivity contribution in [3.8, 4) is 0 Å². The van der Waals surface area contributed by atoms with Crippen LogP contribution in [0.2, 0.25) is 0 Å². The lowest BCUT2D eigenvalue weighted by Gasteiger charge is -2.25. The number of benzene rings is 1. The highest BCUT2D eigenvalue weighted by Gasteiger charge is 2.33. The van der Waals surface area contributed by atoms with Gasteiger partial charge in [-0.15, -0.1) is 0 Å². The molecule has 0 aliphatic rings. The van der Waals surface area contributed by atoms with Gasteiger partial charge in [0, 0.05) is 12.8 Å². The molecule has 0 bridgehead atoms. The van der Waals surface area contributed by atoms with Crippen molar-refractivity contribution >= 4 is 22.8 Å². The molecule has 0 aliphatic carbocycles. The third-order valence-electron chi connectivity index (χ3n) is 4.12. The lowest BCUT2D eigenvalue weighted by atomic mass is 9.96. The number of aryl methyl sites for hydroxylation is 1. The summed E-state index contributed by atoms with van der Waals surface area (Å²) in [6.45, 7) is 3.38. The topological polar surface area (TPSA) is 112 Å². The summed E-state index contributed by atoms with van der Waals surface area (Å²) in [6.07, 6.45) is 2.10. The monoisotopic (exact) mass is 345 g/mol. The van der Waals surface area contributed by atoms with Crippen molar-refractivity contribution in [1.82, 2.24) is 15.3 Å². The second-order valence-electron chi connectivity index (χ2n) is 6.32. The number of H-pyrrole nitrogens is 1. The van der Waals surface area contributed by atoms with E-state index in [1.807, 2.05) is 13.0 Å². The molecule has 7 heteroatoms. The van der Waals surface area contributed by atoms with Gasteiger partial charge in [0.2, 0.25) is 5.91 Å². The van der Waals surface area contributed by atoms with E-state index in [0.717, 1.165) is 0 Å². The molecular formula is C18H23N3O4. The van der Waals surface area contributed by atoms with E-state index in [9.17, 15) is 19.5 Å². The summed E-state index contributed by atoms with van der Waals surface area (Å²) in [5.41, 5.74) is -0.833. The van der Waals surface area contributed by atoms with Gasteiger partial charge in [0.15, 0.2) is 0 Å². The van der Waals surface area contributed by atoms with Crippen LogP contribution in [0.15, 0.2) is 29.1 Å². The van der Waals surface area contributed by atoms with Gasteiger partial charge in [-0.1, -0.05) is 25.5 Å². The van der Waals surface area contributed by atoms with Crippen molar-refractivity contribution in [3.05, 3.63) is 40.4 Å². The maximum absolute atomic E-state index is 12.0. The van der Waals surface area contributed by atoms with Gasteiger partial charge in [0.05, 0.1) is 10.9 Å². The molecule has 0 fully saturated rings. The minimum absolute atomic E-state index is 0.170. The van der Waals surface area contributed by atoms with Crippen LogP contribution in [-0.2, 0) is 16.0 Å². The molecule has 0 radical (unpaired) electrons. The number of amides is 1. The zero-order chi connectivity index (χ0) is 18.4. The molecule has 0 saturated heterocycles. The quantitative estimate of drug-likeness (QED) is 0.677. The van der Waals surface area contributed by atoms with Crippen molar-refractivity contribution in [3.63, 3.8) is 0 Å². The minimum atomic E-state index is -1.25. The van der Waals surface area contributed by atoms with E-state index in [4.69, 9.17) is 0 Å². The van der Waals surface area contributed by atoms with Crippen molar-refractivity contribution in [2.24, 2.45) is 0 Å². The number of para-hydroxylation sites is 1. The summed E-state index contributed by atoms with van der Waals surface area (Å²) in [4.78, 5) is 42.5. The van der Waals surface area contributed by atoms with E-state index in [1.165, 1.54) is 6.92 Å². The SMILES string of the molecule is CCCC(C)(NC(=O)CCCc1nc2ccccc2c(=O)[nH]1)C(=O)O. The van der Waals surface area contributed by atoms with E-state index in [0.29, 0.717) is 42.4 Å². The predicted octanol–water partition coefficient (Wildman–Crippen LogP) is 2.01. The van der Waals surface area contributed by atoms with Crippen molar-refractivity contribution in [2.45, 2.75) is 51.5 Å². The van der Waals surface area contributed by atoms with Crippen molar-refractivity contribution < 1.29 is 14.7 Å². The fraction of sp³-hybridized carbons (Fsp3) is 0.444. The lowest BCUT2D eigenvalue weighted by molar-refractivity contribution is -0.147. The van der Waals surface area contributed by atoms with E-state index in [2.05, 4.69) is 15.3 Å². The van der Waals surface area contributed by atoms with E-state index in [-0.39, 0.29) is 17.9 Å². The number of aromatic nitrogens is 2. The third kappa shape index (κ3) is 4.65. The van der Waals surface area contributed by atoms with Crippen LogP contribution in [0.3, 0.4) is 0 Å². The van der Waals surface area contributed by atoms with Crippen LogP contribution >= 0.6 is 0 Å². The Balaban J connectivity index is 1.95. The van der Waals surface area contributed by atoms with Crippen LogP contribution < -0.4 is 10.9 Å². The number of nitrogens with one attached hydrogen (secondary N) is 2. The maximum Gasteiger partial charge on any atom is 0.329 e. The summed E-state index contributed by atoms with van der Waals surface area (Å²) in [7, 11) is 0. The van der Waals surface area contributed by atoms with Crippen LogP contribution in [0, 0.1) is 0 Å². The van der Waals surface area contributed by atoms with Crippen LogP contribution in [0.1, 0.15) is 45.4 Å². The number of carboxylic acid groups (broad SMARTS) is 1. The number of carboxylic acids is 1. The standard InChI is InChI=1S/C18H23N3O4/c1-3-11-18(2,17(24)25)21-15(22)10-6-9-14-19-13-8-5-4-7-12(13)16(23)20-14/h4-5,7-8H,3,6,9-11H2,1-2H3,(H,21,22)(H,24,25)(H,19,20,23). The molecule has 0 spiro atoms. The van der Waals surface area contributed by atoms with Crippen LogP contribution in [0.4, 0.5) is 0 Å². The highest BCUT2D eigenvalue weighted by molar-refractivity contribution is 5.86. The highest BCUT2D eigenvalue weighted by Crippen LogP contribution is 2.13. The minimum Gasteiger partial charge on any atom is -0.480 e. The van der Waals surface area contributed by atoms with Crippen LogP contribution in [0.5, 0.6) is 0 Å². The van der Waals surface area contributed by atoms with E-state index < -0.39 is 11.5 Å². The molecule has 1 amide bonds. The highest BCUT2D eigenvalue weighted by atomic mass is 16.4. The summed E-state index contributed by atoms with van der Waals surface area (Å²) in [5.74, 6) is -0.837. The Bertz CT molecular complexity index is 830. The number of aliphatic carboxylic acids is 1. The average Bonchev–Trinajstić information content (AvgIpc) is 2.55. The van der Waals surface area contributed by atoms with Crippen LogP contribution in [0.25, 0.3) is 10.9 Å². The van der Waals surface area contributed by atoms with Gasteiger partial charge in [0.25, 0.3) is 5.56 Å². The van der Waals surface area contributed by atoms with Gasteiger partial charge < -0.3 is 15.4 Å². The number of hydrogen-bond donors (Lipinski definition) is 3. The number of aromatic amines is 1. The lowest BCUT2D eigenvalue weighted by Crippen LogP contribution is -2.52. The Labute approximate surface area is 145 Å². The number of fused-ring (bicyclic) bond motifs is 1. The first-order chi connectivity index (χ1) is 11.9. The Hall–Kier alpha value is -2.70. The average molecular weight is 345 g/mol. The Kier molecular flexibility index (Phi) is 5.90. The van der Waals surface area contributed by atoms with Gasteiger partial charge >= 0.3 is 5.97 Å². The smallest absolute Gasteiger partial charge is 0.329 e. The second kappa shape index (κ2) is 7.92. The molecule has 3 N–H and O–H groups in total. The molecule has 0 aliphatic heterocycles. The molecule has 1 aromatic heterocycles. The Morgan fingerprint density at radius 1 is 1.32 bits per heavy atom. The summed E-state index contributed by atoms with van der Waals surface area (Å²) >= 11 is 0.